The van der Waals surface area contributed by atoms with Gasteiger partial charge in [-0.15, -0.1) is 0 Å². The molecule has 0 saturated carbocycles. The number of ether oxygens (including phenoxy) is 4. The SMILES string of the molecule is C=C(C)C(=O)OCC(O)CN(Cc1cccc(CN(CC(O)COCC(CC)CCCC)CC(O)COC(=O)C(=C)C)c1)CC(O)COCC(CC)CCCC. The Morgan fingerprint density at radius 1 is 0.607 bits per heavy atom. The third-order valence-corrected chi connectivity index (χ3v) is 9.60. The molecule has 0 saturated heterocycles. The topological polar surface area (TPSA) is 158 Å². The molecule has 4 N–H and O–H groups in total. The molecule has 0 bridgehead atoms. The van der Waals surface area contributed by atoms with Crippen molar-refractivity contribution < 1.29 is 49.0 Å². The number of benzene rings is 1. The molecule has 0 aliphatic rings. The Morgan fingerprint density at radius 3 is 1.29 bits per heavy atom. The molecule has 0 fully saturated rings. The number of hydrogen-bond donors (Lipinski definition) is 4. The van der Waals surface area contributed by atoms with Crippen molar-refractivity contribution in [2.45, 2.75) is 130 Å². The molecule has 6 unspecified atom stereocenters. The lowest BCUT2D eigenvalue weighted by atomic mass is 10.0. The molecule has 12 heteroatoms. The maximum absolute atomic E-state index is 12.0. The second-order valence-corrected chi connectivity index (χ2v) is 15.5. The molecule has 1 aromatic carbocycles. The molecule has 0 radical (unpaired) electrons. The highest BCUT2D eigenvalue weighted by atomic mass is 16.5. The quantitative estimate of drug-likeness (QED) is 0.0519. The summed E-state index contributed by atoms with van der Waals surface area (Å²) in [6.07, 6.45) is 5.09. The molecule has 0 aromatic heterocycles. The zero-order valence-electron chi connectivity index (χ0n) is 35.5. The van der Waals surface area contributed by atoms with Crippen molar-refractivity contribution in [3.8, 4) is 0 Å². The zero-order valence-corrected chi connectivity index (χ0v) is 35.5. The highest BCUT2D eigenvalue weighted by Gasteiger charge is 2.21. The van der Waals surface area contributed by atoms with Crippen LogP contribution in [0.1, 0.15) is 104 Å². The van der Waals surface area contributed by atoms with E-state index < -0.39 is 36.4 Å². The smallest absolute Gasteiger partial charge is 0.333 e. The summed E-state index contributed by atoms with van der Waals surface area (Å²) >= 11 is 0. The number of carbonyl (C=O) groups is 2. The Morgan fingerprint density at radius 2 is 0.964 bits per heavy atom. The first-order chi connectivity index (χ1) is 26.7. The molecular formula is C44H76N2O10. The van der Waals surface area contributed by atoms with Gasteiger partial charge in [-0.3, -0.25) is 9.80 Å². The largest absolute Gasteiger partial charge is 0.460 e. The van der Waals surface area contributed by atoms with E-state index in [1.165, 1.54) is 0 Å². The van der Waals surface area contributed by atoms with E-state index in [-0.39, 0.29) is 63.8 Å². The summed E-state index contributed by atoms with van der Waals surface area (Å²) in [4.78, 5) is 27.8. The molecule has 56 heavy (non-hydrogen) atoms. The molecule has 0 heterocycles. The summed E-state index contributed by atoms with van der Waals surface area (Å²) in [5.74, 6) is -0.281. The van der Waals surface area contributed by atoms with E-state index in [0.29, 0.717) is 38.1 Å². The first-order valence-electron chi connectivity index (χ1n) is 20.8. The first kappa shape index (κ1) is 51.3. The zero-order chi connectivity index (χ0) is 41.9. The Labute approximate surface area is 337 Å². The summed E-state index contributed by atoms with van der Waals surface area (Å²) in [5.41, 5.74) is 2.30. The first-order valence-corrected chi connectivity index (χ1v) is 20.8. The minimum Gasteiger partial charge on any atom is -0.460 e. The number of hydrogen-bond acceptors (Lipinski definition) is 12. The lowest BCUT2D eigenvalue weighted by Crippen LogP contribution is -2.41. The number of esters is 2. The third kappa shape index (κ3) is 24.2. The van der Waals surface area contributed by atoms with Gasteiger partial charge in [0, 0.05) is 63.6 Å². The molecule has 0 aliphatic heterocycles. The second-order valence-electron chi connectivity index (χ2n) is 15.5. The standard InChI is InChI=1S/C44H76N2O10/c1-9-13-16-35(11-3)27-53-29-39(47)23-45(25-41(49)31-55-43(51)33(5)6)21-37-18-15-19-38(20-37)22-46(26-42(50)32-56-44(52)34(7)8)24-40(48)30-54-28-36(12-4)17-14-10-2/h15,18-20,35-36,39-42,47-50H,5,7,9-14,16-17,21-32H2,1-4,6,8H3. The van der Waals surface area contributed by atoms with Crippen molar-refractivity contribution in [3.05, 3.63) is 59.7 Å². The van der Waals surface area contributed by atoms with Crippen LogP contribution in [-0.4, -0.2) is 132 Å². The Balaban J connectivity index is 3.11. The average molecular weight is 793 g/mol. The van der Waals surface area contributed by atoms with E-state index in [1.54, 1.807) is 13.8 Å². The van der Waals surface area contributed by atoms with Crippen molar-refractivity contribution in [3.63, 3.8) is 0 Å². The minimum atomic E-state index is -1.01. The van der Waals surface area contributed by atoms with Gasteiger partial charge in [-0.25, -0.2) is 9.59 Å². The maximum Gasteiger partial charge on any atom is 0.333 e. The van der Waals surface area contributed by atoms with Crippen LogP contribution in [0.25, 0.3) is 0 Å². The van der Waals surface area contributed by atoms with E-state index in [2.05, 4.69) is 40.9 Å². The van der Waals surface area contributed by atoms with Crippen molar-refractivity contribution in [2.24, 2.45) is 11.8 Å². The number of unbranched alkanes of at least 4 members (excludes halogenated alkanes) is 2. The van der Waals surface area contributed by atoms with Crippen molar-refractivity contribution in [1.29, 1.82) is 0 Å². The van der Waals surface area contributed by atoms with Crippen LogP contribution in [0.3, 0.4) is 0 Å². The fourth-order valence-corrected chi connectivity index (χ4v) is 6.28. The minimum absolute atomic E-state index is 0.129. The molecule has 1 aromatic rings. The fraction of sp³-hybridized carbons (Fsp3) is 0.727. The molecule has 12 nitrogen and oxygen atoms in total. The van der Waals surface area contributed by atoms with Gasteiger partial charge in [0.1, 0.15) is 25.4 Å². The van der Waals surface area contributed by atoms with Gasteiger partial charge >= 0.3 is 11.9 Å². The van der Waals surface area contributed by atoms with E-state index in [0.717, 1.165) is 62.5 Å². The summed E-state index contributed by atoms with van der Waals surface area (Å²) < 4.78 is 22.2. The Bertz CT molecular complexity index is 1160. The van der Waals surface area contributed by atoms with E-state index in [1.807, 2.05) is 34.1 Å². The normalized spacial score (nSPS) is 14.9. The van der Waals surface area contributed by atoms with Gasteiger partial charge in [0.2, 0.25) is 0 Å². The van der Waals surface area contributed by atoms with Gasteiger partial charge < -0.3 is 39.4 Å². The molecule has 0 spiro atoms. The van der Waals surface area contributed by atoms with Crippen LogP contribution >= 0.6 is 0 Å². The van der Waals surface area contributed by atoms with Gasteiger partial charge in [0.05, 0.1) is 25.4 Å². The van der Waals surface area contributed by atoms with Crippen molar-refractivity contribution >= 4 is 11.9 Å². The van der Waals surface area contributed by atoms with E-state index in [4.69, 9.17) is 18.9 Å². The van der Waals surface area contributed by atoms with Gasteiger partial charge in [-0.1, -0.05) is 104 Å². The van der Waals surface area contributed by atoms with Gasteiger partial charge in [0.25, 0.3) is 0 Å². The summed E-state index contributed by atoms with van der Waals surface area (Å²) in [6, 6.07) is 7.83. The monoisotopic (exact) mass is 793 g/mol. The molecule has 1 rings (SSSR count). The van der Waals surface area contributed by atoms with E-state index >= 15 is 0 Å². The van der Waals surface area contributed by atoms with Crippen LogP contribution in [0, 0.1) is 11.8 Å². The summed E-state index contributed by atoms with van der Waals surface area (Å²) in [5, 5.41) is 43.7. The molecule has 322 valence electrons. The van der Waals surface area contributed by atoms with Crippen molar-refractivity contribution in [2.75, 3.05) is 65.8 Å². The summed E-state index contributed by atoms with van der Waals surface area (Å²) in [6.45, 7) is 21.4. The maximum atomic E-state index is 12.0. The predicted octanol–water partition coefficient (Wildman–Crippen LogP) is 5.44. The summed E-state index contributed by atoms with van der Waals surface area (Å²) in [7, 11) is 0. The number of nitrogens with zero attached hydrogens (tertiary/aromatic N) is 2. The number of rotatable bonds is 34. The Kier molecular flexibility index (Phi) is 27.9. The molecule has 6 atom stereocenters. The van der Waals surface area contributed by atoms with Crippen LogP contribution in [0.2, 0.25) is 0 Å². The van der Waals surface area contributed by atoms with Crippen LogP contribution in [0.15, 0.2) is 48.6 Å². The lowest BCUT2D eigenvalue weighted by Gasteiger charge is -2.29. The molecule has 0 aliphatic carbocycles. The average Bonchev–Trinajstić information content (AvgIpc) is 3.15. The third-order valence-electron chi connectivity index (χ3n) is 9.60. The van der Waals surface area contributed by atoms with E-state index in [9.17, 15) is 30.0 Å². The highest BCUT2D eigenvalue weighted by Crippen LogP contribution is 2.16. The lowest BCUT2D eigenvalue weighted by molar-refractivity contribution is -0.143. The van der Waals surface area contributed by atoms with Gasteiger partial charge in [-0.05, 0) is 49.7 Å². The highest BCUT2D eigenvalue weighted by molar-refractivity contribution is 5.87. The predicted molar refractivity (Wildman–Crippen MR) is 221 cm³/mol. The number of aliphatic hydroxyl groups excluding tert-OH is 4. The molecular weight excluding hydrogens is 716 g/mol. The van der Waals surface area contributed by atoms with Gasteiger partial charge in [-0.2, -0.15) is 0 Å². The molecule has 0 amide bonds. The fourth-order valence-electron chi connectivity index (χ4n) is 6.28. The van der Waals surface area contributed by atoms with Crippen LogP contribution in [0.4, 0.5) is 0 Å². The van der Waals surface area contributed by atoms with Gasteiger partial charge in [0.15, 0.2) is 0 Å². The van der Waals surface area contributed by atoms with Crippen molar-refractivity contribution in [1.82, 2.24) is 9.80 Å². The van der Waals surface area contributed by atoms with Crippen LogP contribution < -0.4 is 0 Å². The van der Waals surface area contributed by atoms with Crippen LogP contribution in [-0.2, 0) is 41.6 Å². The number of carbonyl (C=O) groups excluding carboxylic acids is 2. The Hall–Kier alpha value is -2.68. The van der Waals surface area contributed by atoms with Crippen LogP contribution in [0.5, 0.6) is 0 Å². The second kappa shape index (κ2) is 30.4. The number of aliphatic hydroxyl groups is 4.